The number of hydrogen-bond acceptors (Lipinski definition) is 2. The molecule has 0 saturated carbocycles. The number of aromatic amines is 1. The molecular formula is C20H17N3O. The molecule has 0 fully saturated rings. The maximum absolute atomic E-state index is 12.2. The molecule has 0 spiro atoms. The second-order valence-electron chi connectivity index (χ2n) is 5.89. The van der Waals surface area contributed by atoms with E-state index < -0.39 is 0 Å². The Balaban J connectivity index is 1.41. The topological polar surface area (TPSA) is 57.8 Å². The minimum atomic E-state index is 0.0231. The van der Waals surface area contributed by atoms with Crippen LogP contribution in [0.25, 0.3) is 21.7 Å². The van der Waals surface area contributed by atoms with Gasteiger partial charge in [0, 0.05) is 41.6 Å². The Hall–Kier alpha value is -3.14. The van der Waals surface area contributed by atoms with Gasteiger partial charge in [0.1, 0.15) is 0 Å². The third-order valence-corrected chi connectivity index (χ3v) is 4.18. The molecule has 0 aliphatic rings. The number of benzene rings is 2. The van der Waals surface area contributed by atoms with Gasteiger partial charge in [-0.05, 0) is 53.1 Å². The van der Waals surface area contributed by atoms with Crippen LogP contribution < -0.4 is 5.32 Å². The highest BCUT2D eigenvalue weighted by Crippen LogP contribution is 2.19. The molecule has 4 rings (SSSR count). The number of nitrogens with zero attached hydrogens (tertiary/aromatic N) is 1. The summed E-state index contributed by atoms with van der Waals surface area (Å²) in [6, 6.07) is 16.1. The first-order chi connectivity index (χ1) is 11.8. The molecule has 0 bridgehead atoms. The normalized spacial score (nSPS) is 11.0. The molecule has 2 heterocycles. The van der Waals surface area contributed by atoms with E-state index in [0.717, 1.165) is 34.0 Å². The van der Waals surface area contributed by atoms with E-state index in [1.165, 1.54) is 5.39 Å². The highest BCUT2D eigenvalue weighted by atomic mass is 16.1. The van der Waals surface area contributed by atoms with E-state index in [-0.39, 0.29) is 5.91 Å². The average Bonchev–Trinajstić information content (AvgIpc) is 3.07. The number of H-pyrrole nitrogens is 1. The molecule has 4 aromatic rings. The maximum atomic E-state index is 12.2. The Morgan fingerprint density at radius 3 is 2.88 bits per heavy atom. The number of fused-ring (bicyclic) bond motifs is 2. The number of hydrogen-bond donors (Lipinski definition) is 2. The summed E-state index contributed by atoms with van der Waals surface area (Å²) in [4.78, 5) is 19.5. The molecule has 4 heteroatoms. The number of anilines is 1. The summed E-state index contributed by atoms with van der Waals surface area (Å²) in [6.45, 7) is 0. The van der Waals surface area contributed by atoms with Gasteiger partial charge in [-0.25, -0.2) is 0 Å². The maximum Gasteiger partial charge on any atom is 0.224 e. The van der Waals surface area contributed by atoms with Crippen LogP contribution in [0, 0.1) is 0 Å². The zero-order valence-electron chi connectivity index (χ0n) is 13.1. The van der Waals surface area contributed by atoms with Crippen molar-refractivity contribution in [2.45, 2.75) is 12.8 Å². The van der Waals surface area contributed by atoms with Crippen LogP contribution in [0.15, 0.2) is 67.1 Å². The Bertz CT molecular complexity index is 1020. The van der Waals surface area contributed by atoms with Gasteiger partial charge in [0.05, 0.1) is 0 Å². The fourth-order valence-electron chi connectivity index (χ4n) is 2.89. The van der Waals surface area contributed by atoms with Crippen molar-refractivity contribution in [3.8, 4) is 0 Å². The number of nitrogens with one attached hydrogen (secondary N) is 2. The quantitative estimate of drug-likeness (QED) is 0.590. The number of pyridine rings is 1. The lowest BCUT2D eigenvalue weighted by molar-refractivity contribution is -0.116. The highest BCUT2D eigenvalue weighted by molar-refractivity contribution is 5.94. The van der Waals surface area contributed by atoms with Gasteiger partial charge in [0.15, 0.2) is 0 Å². The van der Waals surface area contributed by atoms with Crippen LogP contribution in [0.1, 0.15) is 12.0 Å². The van der Waals surface area contributed by atoms with Gasteiger partial charge in [-0.1, -0.05) is 18.2 Å². The molecule has 118 valence electrons. The smallest absolute Gasteiger partial charge is 0.224 e. The largest absolute Gasteiger partial charge is 0.361 e. The molecule has 2 aromatic carbocycles. The van der Waals surface area contributed by atoms with Crippen LogP contribution in [0.4, 0.5) is 5.69 Å². The van der Waals surface area contributed by atoms with Gasteiger partial charge in [0.25, 0.3) is 0 Å². The zero-order valence-corrected chi connectivity index (χ0v) is 13.1. The van der Waals surface area contributed by atoms with E-state index in [0.29, 0.717) is 6.42 Å². The summed E-state index contributed by atoms with van der Waals surface area (Å²) in [5.41, 5.74) is 3.08. The van der Waals surface area contributed by atoms with Crippen molar-refractivity contribution in [3.05, 3.63) is 72.7 Å². The van der Waals surface area contributed by atoms with Crippen molar-refractivity contribution in [2.24, 2.45) is 0 Å². The number of aromatic nitrogens is 2. The summed E-state index contributed by atoms with van der Waals surface area (Å²) < 4.78 is 0. The summed E-state index contributed by atoms with van der Waals surface area (Å²) in [6.07, 6.45) is 6.68. The first kappa shape index (κ1) is 14.5. The minimum absolute atomic E-state index is 0.0231. The van der Waals surface area contributed by atoms with E-state index in [9.17, 15) is 4.79 Å². The van der Waals surface area contributed by atoms with E-state index >= 15 is 0 Å². The highest BCUT2D eigenvalue weighted by Gasteiger charge is 2.05. The lowest BCUT2D eigenvalue weighted by atomic mass is 10.1. The average molecular weight is 315 g/mol. The first-order valence-corrected chi connectivity index (χ1v) is 7.98. The van der Waals surface area contributed by atoms with Crippen molar-refractivity contribution in [2.75, 3.05) is 5.32 Å². The lowest BCUT2D eigenvalue weighted by Crippen LogP contribution is -2.12. The molecule has 0 saturated heterocycles. The molecule has 0 unspecified atom stereocenters. The SMILES string of the molecule is O=C(CCc1ccc2cc[nH]c2c1)Nc1ccc2cnccc2c1. The zero-order chi connectivity index (χ0) is 16.4. The predicted octanol–water partition coefficient (Wildman–Crippen LogP) is 4.29. The van der Waals surface area contributed by atoms with Gasteiger partial charge in [-0.15, -0.1) is 0 Å². The van der Waals surface area contributed by atoms with Crippen LogP contribution in [0.2, 0.25) is 0 Å². The van der Waals surface area contributed by atoms with Crippen LogP contribution in [-0.2, 0) is 11.2 Å². The van der Waals surface area contributed by atoms with Crippen molar-refractivity contribution in [3.63, 3.8) is 0 Å². The predicted molar refractivity (Wildman–Crippen MR) is 97.0 cm³/mol. The van der Waals surface area contributed by atoms with Crippen LogP contribution >= 0.6 is 0 Å². The fourth-order valence-corrected chi connectivity index (χ4v) is 2.89. The molecule has 0 aliphatic carbocycles. The van der Waals surface area contributed by atoms with Crippen molar-refractivity contribution in [1.29, 1.82) is 0 Å². The fraction of sp³-hybridized carbons (Fsp3) is 0.100. The summed E-state index contributed by atoms with van der Waals surface area (Å²) in [5, 5.41) is 6.29. The van der Waals surface area contributed by atoms with Crippen LogP contribution in [0.3, 0.4) is 0 Å². The number of carbonyl (C=O) groups is 1. The van der Waals surface area contributed by atoms with Gasteiger partial charge in [0.2, 0.25) is 5.91 Å². The molecule has 0 atom stereocenters. The van der Waals surface area contributed by atoms with Crippen LogP contribution in [0.5, 0.6) is 0 Å². The van der Waals surface area contributed by atoms with E-state index in [4.69, 9.17) is 0 Å². The molecule has 1 amide bonds. The Kier molecular flexibility index (Phi) is 3.71. The lowest BCUT2D eigenvalue weighted by Gasteiger charge is -2.07. The standard InChI is InChI=1S/C20H17N3O/c24-20(6-2-14-1-3-15-8-10-22-19(15)11-14)23-18-5-4-17-13-21-9-7-16(17)12-18/h1,3-5,7-13,22H,2,6H2,(H,23,24). The molecular weight excluding hydrogens is 298 g/mol. The van der Waals surface area contributed by atoms with Gasteiger partial charge in [-0.2, -0.15) is 0 Å². The molecule has 24 heavy (non-hydrogen) atoms. The van der Waals surface area contributed by atoms with Crippen molar-refractivity contribution >= 4 is 33.3 Å². The minimum Gasteiger partial charge on any atom is -0.361 e. The number of carbonyl (C=O) groups excluding carboxylic acids is 1. The summed E-state index contributed by atoms with van der Waals surface area (Å²) in [7, 11) is 0. The van der Waals surface area contributed by atoms with Crippen molar-refractivity contribution < 1.29 is 4.79 Å². The van der Waals surface area contributed by atoms with Crippen molar-refractivity contribution in [1.82, 2.24) is 9.97 Å². The number of rotatable bonds is 4. The molecule has 2 aromatic heterocycles. The van der Waals surface area contributed by atoms with Gasteiger partial charge < -0.3 is 10.3 Å². The molecule has 0 radical (unpaired) electrons. The third kappa shape index (κ3) is 2.99. The number of amides is 1. The Morgan fingerprint density at radius 2 is 1.92 bits per heavy atom. The van der Waals surface area contributed by atoms with E-state index in [1.807, 2.05) is 42.7 Å². The second kappa shape index (κ2) is 6.16. The van der Waals surface area contributed by atoms with Crippen LogP contribution in [-0.4, -0.2) is 15.9 Å². The number of aryl methyl sites for hydroxylation is 1. The van der Waals surface area contributed by atoms with E-state index in [1.54, 1.807) is 6.20 Å². The first-order valence-electron chi connectivity index (χ1n) is 7.98. The molecule has 2 N–H and O–H groups in total. The van der Waals surface area contributed by atoms with Gasteiger partial charge >= 0.3 is 0 Å². The Labute approximate surface area is 139 Å². The van der Waals surface area contributed by atoms with Gasteiger partial charge in [-0.3, -0.25) is 9.78 Å². The molecule has 0 aliphatic heterocycles. The summed E-state index contributed by atoms with van der Waals surface area (Å²) in [5.74, 6) is 0.0231. The monoisotopic (exact) mass is 315 g/mol. The van der Waals surface area contributed by atoms with E-state index in [2.05, 4.69) is 33.5 Å². The molecule has 4 nitrogen and oxygen atoms in total. The second-order valence-corrected chi connectivity index (χ2v) is 5.89. The Morgan fingerprint density at radius 1 is 1.00 bits per heavy atom. The third-order valence-electron chi connectivity index (χ3n) is 4.18. The summed E-state index contributed by atoms with van der Waals surface area (Å²) >= 11 is 0.